The van der Waals surface area contributed by atoms with Gasteiger partial charge in [0.05, 0.1) is 25.1 Å². The number of benzene rings is 1. The summed E-state index contributed by atoms with van der Waals surface area (Å²) in [5.74, 6) is -3.37. The number of halogens is 1. The highest BCUT2D eigenvalue weighted by atomic mass is 31.2. The molecule has 0 saturated carbocycles. The molecule has 1 saturated heterocycles. The molecule has 2 aliphatic rings. The molecule has 6 atom stereocenters. The molecular weight excluding hydrogens is 586 g/mol. The summed E-state index contributed by atoms with van der Waals surface area (Å²) in [4.78, 5) is 21.6. The van der Waals surface area contributed by atoms with Gasteiger partial charge in [-0.25, -0.2) is 23.4 Å². The lowest BCUT2D eigenvalue weighted by atomic mass is 10.0. The molecule has 43 heavy (non-hydrogen) atoms. The van der Waals surface area contributed by atoms with E-state index < -0.39 is 50.5 Å². The number of hydrogen-bond acceptors (Lipinski definition) is 12. The molecule has 6 bridgehead atoms. The van der Waals surface area contributed by atoms with Gasteiger partial charge in [-0.1, -0.05) is 32.0 Å². The van der Waals surface area contributed by atoms with Crippen LogP contribution in [0.5, 0.6) is 5.75 Å². The van der Waals surface area contributed by atoms with E-state index in [1.807, 2.05) is 13.8 Å². The Balaban J connectivity index is 1.47. The number of anilines is 1. The summed E-state index contributed by atoms with van der Waals surface area (Å²) in [5, 5.41) is 31.5. The number of nitrogens with zero attached hydrogens (tertiary/aromatic N) is 4. The molecule has 14 nitrogen and oxygen atoms in total. The Bertz CT molecular complexity index is 1440. The van der Waals surface area contributed by atoms with E-state index in [0.29, 0.717) is 25.2 Å². The molecule has 4 N–H and O–H groups in total. The number of aliphatic hydroxyl groups is 2. The summed E-state index contributed by atoms with van der Waals surface area (Å²) < 4.78 is 53.7. The van der Waals surface area contributed by atoms with E-state index in [2.05, 4.69) is 25.5 Å². The Morgan fingerprint density at radius 3 is 2.79 bits per heavy atom. The fourth-order valence-corrected chi connectivity index (χ4v) is 6.45. The minimum Gasteiger partial charge on any atom is -0.465 e. The predicted octanol–water partition coefficient (Wildman–Crippen LogP) is 2.93. The summed E-state index contributed by atoms with van der Waals surface area (Å²) in [6.45, 7) is 3.77. The fourth-order valence-electron chi connectivity index (χ4n) is 4.94. The maximum Gasteiger partial charge on any atom is 0.459 e. The maximum atomic E-state index is 15.7. The number of cyclic esters (lactones) is 1. The molecule has 1 unspecified atom stereocenters. The van der Waals surface area contributed by atoms with Crippen molar-refractivity contribution < 1.29 is 42.5 Å². The smallest absolute Gasteiger partial charge is 0.459 e. The second-order valence-corrected chi connectivity index (χ2v) is 12.6. The molecule has 0 spiro atoms. The Hall–Kier alpha value is -3.20. The lowest BCUT2D eigenvalue weighted by molar-refractivity contribution is -0.177. The highest BCUT2D eigenvalue weighted by molar-refractivity contribution is 7.52. The number of aromatic nitrogens is 4. The van der Waals surface area contributed by atoms with Gasteiger partial charge in [-0.05, 0) is 43.7 Å². The summed E-state index contributed by atoms with van der Waals surface area (Å²) >= 11 is 0. The first kappa shape index (κ1) is 31.2. The van der Waals surface area contributed by atoms with Crippen molar-refractivity contribution in [2.45, 2.75) is 69.7 Å². The number of alkyl halides is 1. The van der Waals surface area contributed by atoms with Crippen LogP contribution in [0.4, 0.5) is 10.2 Å². The normalized spacial score (nSPS) is 31.1. The van der Waals surface area contributed by atoms with Crippen molar-refractivity contribution in [2.24, 2.45) is 5.92 Å². The molecule has 1 aromatic carbocycles. The summed E-state index contributed by atoms with van der Waals surface area (Å²) in [6, 6.07) is 7.08. The van der Waals surface area contributed by atoms with Crippen LogP contribution in [0.2, 0.25) is 0 Å². The zero-order valence-electron chi connectivity index (χ0n) is 23.8. The number of fused-ring (bicyclic) bond motifs is 3. The zero-order valence-corrected chi connectivity index (χ0v) is 24.7. The molecular formula is C27H36FN6O8P. The Labute approximate surface area is 247 Å². The van der Waals surface area contributed by atoms with Crippen LogP contribution in [0.25, 0.3) is 5.65 Å². The van der Waals surface area contributed by atoms with Crippen LogP contribution in [-0.4, -0.2) is 79.6 Å². The van der Waals surface area contributed by atoms with Crippen LogP contribution in [0, 0.1) is 5.92 Å². The van der Waals surface area contributed by atoms with Crippen molar-refractivity contribution in [1.82, 2.24) is 24.7 Å². The largest absolute Gasteiger partial charge is 0.465 e. The van der Waals surface area contributed by atoms with Crippen molar-refractivity contribution >= 4 is 25.2 Å². The second-order valence-electron chi connectivity index (χ2n) is 10.9. The van der Waals surface area contributed by atoms with Crippen LogP contribution < -0.4 is 14.9 Å². The summed E-state index contributed by atoms with van der Waals surface area (Å²) in [7, 11) is -4.38. The Morgan fingerprint density at radius 1 is 1.23 bits per heavy atom. The average molecular weight is 623 g/mol. The van der Waals surface area contributed by atoms with E-state index in [-0.39, 0.29) is 36.0 Å². The third-order valence-electron chi connectivity index (χ3n) is 7.09. The highest BCUT2D eigenvalue weighted by Crippen LogP contribution is 2.48. The predicted molar refractivity (Wildman–Crippen MR) is 151 cm³/mol. The highest BCUT2D eigenvalue weighted by Gasteiger charge is 2.58. The van der Waals surface area contributed by atoms with Gasteiger partial charge in [0.15, 0.2) is 17.6 Å². The van der Waals surface area contributed by atoms with Crippen molar-refractivity contribution in [3.8, 4) is 5.75 Å². The molecule has 1 fully saturated rings. The minimum atomic E-state index is -4.38. The Morgan fingerprint density at radius 2 is 2.02 bits per heavy atom. The number of hydrogen-bond donors (Lipinski definition) is 4. The second kappa shape index (κ2) is 13.2. The van der Waals surface area contributed by atoms with Gasteiger partial charge in [-0.15, -0.1) is 0 Å². The minimum absolute atomic E-state index is 0.000882. The van der Waals surface area contributed by atoms with E-state index >= 15 is 4.39 Å². The third-order valence-corrected chi connectivity index (χ3v) is 8.65. The third kappa shape index (κ3) is 7.14. The van der Waals surface area contributed by atoms with Gasteiger partial charge in [0.2, 0.25) is 0 Å². The quantitative estimate of drug-likeness (QED) is 0.247. The Kier molecular flexibility index (Phi) is 9.59. The number of esters is 1. The van der Waals surface area contributed by atoms with Crippen molar-refractivity contribution in [3.63, 3.8) is 0 Å². The number of para-hydroxylation sites is 1. The maximum absolute atomic E-state index is 15.7. The van der Waals surface area contributed by atoms with Gasteiger partial charge >= 0.3 is 13.7 Å². The molecule has 4 heterocycles. The number of nitrogens with one attached hydrogen (secondary N) is 2. The van der Waals surface area contributed by atoms with Crippen LogP contribution in [0.1, 0.15) is 51.3 Å². The van der Waals surface area contributed by atoms with Crippen LogP contribution >= 0.6 is 7.75 Å². The topological polar surface area (TPSA) is 179 Å². The average Bonchev–Trinajstić information content (AvgIpc) is 3.49. The van der Waals surface area contributed by atoms with Crippen LogP contribution in [0.3, 0.4) is 0 Å². The van der Waals surface area contributed by atoms with Crippen LogP contribution in [-0.2, 0) is 23.4 Å². The summed E-state index contributed by atoms with van der Waals surface area (Å²) in [6.07, 6.45) is -0.545. The van der Waals surface area contributed by atoms with E-state index in [1.165, 1.54) is 17.0 Å². The standard InChI is InChI=1S/C27H36FN6O8P/c1-17(2)13-19-26(36)39-12-8-4-7-11-29-24-25-30-14-20(34(25)32-16-31-24)23-27(28,37)22(35)21(41-23)15-40-43(38,33-19)42-18-9-5-3-6-10-18/h3,5-6,9-10,14,16-17,19,21-23,35,37H,4,7-8,11-13,15H2,1-2H3,(H,33,38)(H,29,31,32)/t19-,21-,22-,23+,27-,43?/m1/s1. The van der Waals surface area contributed by atoms with Crippen molar-refractivity contribution in [1.29, 1.82) is 0 Å². The number of ether oxygens (including phenoxy) is 2. The SMILES string of the molecule is CC(C)C[C@H]1NP(=O)(Oc2ccccc2)OC[C@H]2O[C@@H](c3cnc4c(ncnn34)NCCCCCOC1=O)[C@@](O)(F)[C@@H]2O. The number of imidazole rings is 1. The molecule has 5 rings (SSSR count). The van der Waals surface area contributed by atoms with Gasteiger partial charge in [0, 0.05) is 6.54 Å². The van der Waals surface area contributed by atoms with E-state index in [4.69, 9.17) is 18.5 Å². The molecule has 2 aliphatic heterocycles. The van der Waals surface area contributed by atoms with Gasteiger partial charge in [-0.2, -0.15) is 10.2 Å². The molecule has 0 radical (unpaired) electrons. The van der Waals surface area contributed by atoms with Gasteiger partial charge < -0.3 is 29.5 Å². The first-order valence-corrected chi connectivity index (χ1v) is 15.7. The first-order chi connectivity index (χ1) is 20.6. The number of carbonyl (C=O) groups is 1. The number of carbonyl (C=O) groups excluding carboxylic acids is 1. The molecule has 234 valence electrons. The summed E-state index contributed by atoms with van der Waals surface area (Å²) in [5.41, 5.74) is 0.276. The van der Waals surface area contributed by atoms with Crippen LogP contribution in [0.15, 0.2) is 42.9 Å². The van der Waals surface area contributed by atoms with E-state index in [1.54, 1.807) is 30.3 Å². The molecule has 0 amide bonds. The van der Waals surface area contributed by atoms with Crippen molar-refractivity contribution in [2.75, 3.05) is 25.1 Å². The van der Waals surface area contributed by atoms with Gasteiger partial charge in [-0.3, -0.25) is 9.32 Å². The molecule has 2 aromatic heterocycles. The molecule has 3 aromatic rings. The van der Waals surface area contributed by atoms with E-state index in [0.717, 1.165) is 6.42 Å². The first-order valence-electron chi connectivity index (χ1n) is 14.2. The monoisotopic (exact) mass is 622 g/mol. The zero-order chi connectivity index (χ0) is 30.6. The van der Waals surface area contributed by atoms with Gasteiger partial charge in [0.25, 0.3) is 5.85 Å². The van der Waals surface area contributed by atoms with Gasteiger partial charge in [0.1, 0.15) is 30.3 Å². The van der Waals surface area contributed by atoms with E-state index in [9.17, 15) is 19.6 Å². The lowest BCUT2D eigenvalue weighted by Gasteiger charge is -2.27. The molecule has 16 heteroatoms. The number of rotatable bonds is 4. The van der Waals surface area contributed by atoms with Crippen molar-refractivity contribution in [3.05, 3.63) is 48.5 Å². The number of aliphatic hydroxyl groups excluding tert-OH is 1. The fraction of sp³-hybridized carbons (Fsp3) is 0.556. The molecule has 0 aliphatic carbocycles. The lowest BCUT2D eigenvalue weighted by Crippen LogP contribution is -2.43.